The molecular weight excluding hydrogens is 372 g/mol. The largest absolute Gasteiger partial charge is 0.453 e. The van der Waals surface area contributed by atoms with E-state index >= 15 is 0 Å². The van der Waals surface area contributed by atoms with Crippen molar-refractivity contribution in [2.24, 2.45) is 0 Å². The third kappa shape index (κ3) is 4.62. The molecule has 5 nitrogen and oxygen atoms in total. The molecule has 0 bridgehead atoms. The molecule has 0 saturated heterocycles. The molecule has 0 saturated carbocycles. The van der Waals surface area contributed by atoms with E-state index in [0.717, 1.165) is 27.0 Å². The Bertz CT molecular complexity index is 973. The van der Waals surface area contributed by atoms with E-state index in [4.69, 9.17) is 4.74 Å². The maximum absolute atomic E-state index is 12.3. The Morgan fingerprint density at radius 3 is 2.68 bits per heavy atom. The summed E-state index contributed by atoms with van der Waals surface area (Å²) < 4.78 is 5.32. The van der Waals surface area contributed by atoms with Crippen LogP contribution in [0.2, 0.25) is 0 Å². The van der Waals surface area contributed by atoms with Crippen molar-refractivity contribution in [1.82, 2.24) is 10.3 Å². The van der Waals surface area contributed by atoms with Crippen molar-refractivity contribution in [2.75, 3.05) is 0 Å². The summed E-state index contributed by atoms with van der Waals surface area (Å²) in [5.74, 6) is -0.643. The first kappa shape index (κ1) is 20.1. The molecule has 0 aliphatic rings. The first-order valence-electron chi connectivity index (χ1n) is 9.50. The van der Waals surface area contributed by atoms with Crippen molar-refractivity contribution in [3.05, 3.63) is 46.8 Å². The SMILES string of the molecule is Cc1ccc2[nH]c(-c3cccs3)c(CCC(=O)O[C@@H](C)C(=O)NC(C)C)c2c1. The third-order valence-corrected chi connectivity index (χ3v) is 5.40. The van der Waals surface area contributed by atoms with Crippen molar-refractivity contribution < 1.29 is 14.3 Å². The van der Waals surface area contributed by atoms with E-state index in [1.807, 2.05) is 25.3 Å². The van der Waals surface area contributed by atoms with Gasteiger partial charge in [0.05, 0.1) is 10.6 Å². The summed E-state index contributed by atoms with van der Waals surface area (Å²) in [5, 5.41) is 5.92. The van der Waals surface area contributed by atoms with Crippen LogP contribution < -0.4 is 5.32 Å². The number of amides is 1. The number of fused-ring (bicyclic) bond motifs is 1. The second-order valence-corrected chi connectivity index (χ2v) is 8.25. The summed E-state index contributed by atoms with van der Waals surface area (Å²) >= 11 is 1.66. The van der Waals surface area contributed by atoms with Crippen molar-refractivity contribution in [3.8, 4) is 10.6 Å². The van der Waals surface area contributed by atoms with Gasteiger partial charge in [-0.25, -0.2) is 0 Å². The van der Waals surface area contributed by atoms with Crippen LogP contribution in [0.15, 0.2) is 35.7 Å². The minimum absolute atomic E-state index is 0.0106. The number of nitrogens with one attached hydrogen (secondary N) is 2. The molecule has 0 spiro atoms. The number of ether oxygens (including phenoxy) is 1. The van der Waals surface area contributed by atoms with E-state index in [-0.39, 0.29) is 24.3 Å². The molecule has 3 aromatic rings. The van der Waals surface area contributed by atoms with Gasteiger partial charge in [0.15, 0.2) is 6.10 Å². The maximum atomic E-state index is 12.3. The molecule has 2 aromatic heterocycles. The minimum atomic E-state index is -0.795. The fourth-order valence-electron chi connectivity index (χ4n) is 3.19. The summed E-state index contributed by atoms with van der Waals surface area (Å²) in [6.45, 7) is 7.40. The molecule has 28 heavy (non-hydrogen) atoms. The van der Waals surface area contributed by atoms with Gasteiger partial charge in [-0.3, -0.25) is 9.59 Å². The summed E-state index contributed by atoms with van der Waals surface area (Å²) in [6, 6.07) is 10.4. The smallest absolute Gasteiger partial charge is 0.306 e. The zero-order valence-corrected chi connectivity index (χ0v) is 17.5. The van der Waals surface area contributed by atoms with Crippen LogP contribution in [0.5, 0.6) is 0 Å². The van der Waals surface area contributed by atoms with Gasteiger partial charge in [0, 0.05) is 23.4 Å². The van der Waals surface area contributed by atoms with Crippen LogP contribution >= 0.6 is 11.3 Å². The Kier molecular flexibility index (Phi) is 6.19. The van der Waals surface area contributed by atoms with E-state index in [9.17, 15) is 9.59 Å². The topological polar surface area (TPSA) is 71.2 Å². The van der Waals surface area contributed by atoms with Crippen LogP contribution in [-0.4, -0.2) is 29.0 Å². The van der Waals surface area contributed by atoms with Crippen molar-refractivity contribution in [3.63, 3.8) is 0 Å². The number of hydrogen-bond donors (Lipinski definition) is 2. The normalized spacial score (nSPS) is 12.3. The number of esters is 1. The molecule has 0 radical (unpaired) electrons. The Balaban J connectivity index is 1.76. The summed E-state index contributed by atoms with van der Waals surface area (Å²) in [6.07, 6.45) is -0.0241. The summed E-state index contributed by atoms with van der Waals surface area (Å²) in [4.78, 5) is 28.9. The van der Waals surface area contributed by atoms with Crippen molar-refractivity contribution >= 4 is 34.1 Å². The molecule has 0 aliphatic carbocycles. The lowest BCUT2D eigenvalue weighted by Gasteiger charge is -2.15. The number of carbonyl (C=O) groups is 2. The van der Waals surface area contributed by atoms with E-state index in [0.29, 0.717) is 6.42 Å². The second-order valence-electron chi connectivity index (χ2n) is 7.30. The number of aryl methyl sites for hydroxylation is 2. The minimum Gasteiger partial charge on any atom is -0.453 e. The number of hydrogen-bond acceptors (Lipinski definition) is 4. The van der Waals surface area contributed by atoms with E-state index in [1.165, 1.54) is 5.56 Å². The van der Waals surface area contributed by atoms with Gasteiger partial charge in [0.1, 0.15) is 0 Å². The van der Waals surface area contributed by atoms with Gasteiger partial charge in [-0.05, 0) is 63.3 Å². The highest BCUT2D eigenvalue weighted by atomic mass is 32.1. The van der Waals surface area contributed by atoms with Gasteiger partial charge >= 0.3 is 5.97 Å². The van der Waals surface area contributed by atoms with Gasteiger partial charge in [0.25, 0.3) is 5.91 Å². The monoisotopic (exact) mass is 398 g/mol. The molecule has 0 fully saturated rings. The molecule has 1 atom stereocenters. The highest BCUT2D eigenvalue weighted by Gasteiger charge is 2.20. The molecule has 2 heterocycles. The average Bonchev–Trinajstić information content (AvgIpc) is 3.26. The van der Waals surface area contributed by atoms with Crippen LogP contribution in [0.25, 0.3) is 21.5 Å². The number of carbonyl (C=O) groups excluding carboxylic acids is 2. The molecule has 1 aromatic carbocycles. The fourth-order valence-corrected chi connectivity index (χ4v) is 3.94. The van der Waals surface area contributed by atoms with Gasteiger partial charge < -0.3 is 15.0 Å². The number of rotatable bonds is 7. The van der Waals surface area contributed by atoms with Crippen LogP contribution in [0, 0.1) is 6.92 Å². The van der Waals surface area contributed by atoms with Crippen molar-refractivity contribution in [2.45, 2.75) is 52.7 Å². The molecule has 148 valence electrons. The number of H-pyrrole nitrogens is 1. The molecule has 0 aliphatic heterocycles. The molecule has 0 unspecified atom stereocenters. The number of aromatic nitrogens is 1. The van der Waals surface area contributed by atoms with Gasteiger partial charge in [-0.1, -0.05) is 17.7 Å². The van der Waals surface area contributed by atoms with Gasteiger partial charge in [-0.15, -0.1) is 11.3 Å². The second kappa shape index (κ2) is 8.61. The molecule has 1 amide bonds. The fraction of sp³-hybridized carbons (Fsp3) is 0.364. The molecule has 2 N–H and O–H groups in total. The lowest BCUT2D eigenvalue weighted by molar-refractivity contribution is -0.154. The lowest BCUT2D eigenvalue weighted by atomic mass is 10.0. The predicted molar refractivity (Wildman–Crippen MR) is 114 cm³/mol. The first-order valence-corrected chi connectivity index (χ1v) is 10.4. The number of aromatic amines is 1. The van der Waals surface area contributed by atoms with Gasteiger partial charge in [0.2, 0.25) is 0 Å². The third-order valence-electron chi connectivity index (χ3n) is 4.52. The summed E-state index contributed by atoms with van der Waals surface area (Å²) in [7, 11) is 0. The first-order chi connectivity index (χ1) is 13.3. The predicted octanol–water partition coefficient (Wildman–Crippen LogP) is 4.59. The number of benzene rings is 1. The highest BCUT2D eigenvalue weighted by Crippen LogP contribution is 2.34. The standard InChI is InChI=1S/C22H26N2O3S/c1-13(2)23-22(26)15(4)27-20(25)10-8-16-17-12-14(3)7-9-18(17)24-21(16)19-6-5-11-28-19/h5-7,9,11-13,15,24H,8,10H2,1-4H3,(H,23,26)/t15-/m0/s1. The van der Waals surface area contributed by atoms with Crippen LogP contribution in [0.1, 0.15) is 38.3 Å². The van der Waals surface area contributed by atoms with Crippen LogP contribution in [-0.2, 0) is 20.7 Å². The quantitative estimate of drug-likeness (QED) is 0.572. The highest BCUT2D eigenvalue weighted by molar-refractivity contribution is 7.13. The Morgan fingerprint density at radius 2 is 2.00 bits per heavy atom. The Morgan fingerprint density at radius 1 is 1.21 bits per heavy atom. The zero-order chi connectivity index (χ0) is 20.3. The lowest BCUT2D eigenvalue weighted by Crippen LogP contribution is -2.39. The Hall–Kier alpha value is -2.60. The number of thiophene rings is 1. The zero-order valence-electron chi connectivity index (χ0n) is 16.7. The molecule has 6 heteroatoms. The van der Waals surface area contributed by atoms with E-state index in [2.05, 4.69) is 41.5 Å². The maximum Gasteiger partial charge on any atom is 0.306 e. The van der Waals surface area contributed by atoms with E-state index in [1.54, 1.807) is 18.3 Å². The average molecular weight is 399 g/mol. The van der Waals surface area contributed by atoms with Crippen LogP contribution in [0.4, 0.5) is 0 Å². The summed E-state index contributed by atoms with van der Waals surface area (Å²) in [5.41, 5.74) is 4.39. The van der Waals surface area contributed by atoms with Crippen molar-refractivity contribution in [1.29, 1.82) is 0 Å². The molecule has 3 rings (SSSR count). The Labute approximate surface area is 169 Å². The van der Waals surface area contributed by atoms with E-state index < -0.39 is 6.10 Å². The molecular formula is C22H26N2O3S. The van der Waals surface area contributed by atoms with Crippen LogP contribution in [0.3, 0.4) is 0 Å². The van der Waals surface area contributed by atoms with Gasteiger partial charge in [-0.2, -0.15) is 0 Å².